The van der Waals surface area contributed by atoms with E-state index in [1.807, 2.05) is 0 Å². The van der Waals surface area contributed by atoms with Crippen LogP contribution in [0.25, 0.3) is 0 Å². The average Bonchev–Trinajstić information content (AvgIpc) is 3.19. The first-order valence-corrected chi connectivity index (χ1v) is 11.1. The van der Waals surface area contributed by atoms with E-state index in [2.05, 4.69) is 35.2 Å². The summed E-state index contributed by atoms with van der Waals surface area (Å²) in [6, 6.07) is 4.63. The Hall–Kier alpha value is -2.96. The maximum atomic E-state index is 14.2. The van der Waals surface area contributed by atoms with Crippen LogP contribution in [0.2, 0.25) is 0 Å². The maximum Gasteiger partial charge on any atom is 0.327 e. The topological polar surface area (TPSA) is 83.6 Å². The van der Waals surface area contributed by atoms with Crippen molar-refractivity contribution in [1.29, 1.82) is 0 Å². The van der Waals surface area contributed by atoms with Gasteiger partial charge in [0.05, 0.1) is 5.69 Å². The largest absolute Gasteiger partial charge is 0.396 e. The lowest BCUT2D eigenvalue weighted by atomic mass is 9.87. The van der Waals surface area contributed by atoms with E-state index in [4.69, 9.17) is 5.73 Å². The average molecular weight is 426 g/mol. The Morgan fingerprint density at radius 2 is 2.16 bits per heavy atom. The van der Waals surface area contributed by atoms with Gasteiger partial charge in [-0.1, -0.05) is 33.1 Å². The minimum atomic E-state index is -0.590. The number of nitrogens with zero attached hydrogens (tertiary/aromatic N) is 3. The van der Waals surface area contributed by atoms with Crippen molar-refractivity contribution in [3.8, 4) is 0 Å². The summed E-state index contributed by atoms with van der Waals surface area (Å²) >= 11 is 0. The number of carbonyl (C=O) groups is 1. The monoisotopic (exact) mass is 425 g/mol. The predicted octanol–water partition coefficient (Wildman–Crippen LogP) is 5.52. The normalized spacial score (nSPS) is 14.1. The second-order valence-electron chi connectivity index (χ2n) is 8.01. The molecule has 31 heavy (non-hydrogen) atoms. The Kier molecular flexibility index (Phi) is 7.60. The second-order valence-corrected chi connectivity index (χ2v) is 8.01. The number of halogens is 1. The van der Waals surface area contributed by atoms with Crippen LogP contribution < -0.4 is 16.0 Å². The van der Waals surface area contributed by atoms with Crippen LogP contribution in [0, 0.1) is 5.82 Å². The fourth-order valence-corrected chi connectivity index (χ4v) is 4.30. The molecule has 0 aliphatic carbocycles. The number of nitrogens with one attached hydrogen (secondary N) is 1. The third-order valence-electron chi connectivity index (χ3n) is 5.82. The van der Waals surface area contributed by atoms with Gasteiger partial charge in [0.2, 0.25) is 0 Å². The lowest BCUT2D eigenvalue weighted by Crippen LogP contribution is -2.34. The van der Waals surface area contributed by atoms with E-state index < -0.39 is 5.82 Å². The van der Waals surface area contributed by atoms with Gasteiger partial charge >= 0.3 is 6.03 Å². The molecule has 3 N–H and O–H groups in total. The fourth-order valence-electron chi connectivity index (χ4n) is 4.30. The first-order chi connectivity index (χ1) is 15.0. The smallest absolute Gasteiger partial charge is 0.327 e. The molecule has 1 aliphatic rings. The SMILES string of the molecule is CCCCC(CCC)c1ccnc2c1CCN2C(=O)Nc1cc(F)c(N)c(C=NC)c1. The molecule has 2 aromatic rings. The summed E-state index contributed by atoms with van der Waals surface area (Å²) < 4.78 is 14.2. The van der Waals surface area contributed by atoms with Gasteiger partial charge in [0.15, 0.2) is 0 Å². The van der Waals surface area contributed by atoms with Gasteiger partial charge in [-0.05, 0) is 48.9 Å². The van der Waals surface area contributed by atoms with E-state index in [1.165, 1.54) is 30.7 Å². The molecular weight excluding hydrogens is 393 g/mol. The number of anilines is 3. The van der Waals surface area contributed by atoms with Gasteiger partial charge < -0.3 is 11.1 Å². The van der Waals surface area contributed by atoms with E-state index >= 15 is 0 Å². The number of aliphatic imine (C=N–C) groups is 1. The van der Waals surface area contributed by atoms with Crippen LogP contribution in [0.4, 0.5) is 26.4 Å². The number of rotatable bonds is 8. The van der Waals surface area contributed by atoms with E-state index in [0.717, 1.165) is 31.2 Å². The minimum Gasteiger partial charge on any atom is -0.396 e. The van der Waals surface area contributed by atoms with Crippen LogP contribution in [-0.4, -0.2) is 30.8 Å². The van der Waals surface area contributed by atoms with Crippen molar-refractivity contribution in [3.05, 3.63) is 46.9 Å². The van der Waals surface area contributed by atoms with Crippen LogP contribution in [0.5, 0.6) is 0 Å². The number of unbranched alkanes of at least 4 members (excludes halogenated alkanes) is 1. The van der Waals surface area contributed by atoms with Gasteiger partial charge in [-0.15, -0.1) is 0 Å². The van der Waals surface area contributed by atoms with Crippen molar-refractivity contribution in [2.24, 2.45) is 4.99 Å². The van der Waals surface area contributed by atoms with Crippen molar-refractivity contribution in [3.63, 3.8) is 0 Å². The van der Waals surface area contributed by atoms with E-state index in [-0.39, 0.29) is 11.7 Å². The van der Waals surface area contributed by atoms with Crippen LogP contribution in [0.3, 0.4) is 0 Å². The number of nitrogen functional groups attached to an aromatic ring is 1. The van der Waals surface area contributed by atoms with Crippen molar-refractivity contribution in [2.75, 3.05) is 29.5 Å². The number of amides is 2. The number of nitrogens with two attached hydrogens (primary N) is 1. The molecule has 0 saturated carbocycles. The molecule has 1 aliphatic heterocycles. The number of carbonyl (C=O) groups excluding carboxylic acids is 1. The number of benzene rings is 1. The lowest BCUT2D eigenvalue weighted by molar-refractivity contribution is 0.257. The summed E-state index contributed by atoms with van der Waals surface area (Å²) in [6.45, 7) is 4.98. The molecule has 0 spiro atoms. The molecule has 0 fully saturated rings. The molecule has 0 saturated heterocycles. The lowest BCUT2D eigenvalue weighted by Gasteiger charge is -2.21. The number of aromatic nitrogens is 1. The van der Waals surface area contributed by atoms with Gasteiger partial charge in [0.1, 0.15) is 11.6 Å². The second kappa shape index (κ2) is 10.4. The summed E-state index contributed by atoms with van der Waals surface area (Å²) in [5.74, 6) is 0.610. The highest BCUT2D eigenvalue weighted by Crippen LogP contribution is 2.36. The van der Waals surface area contributed by atoms with E-state index in [9.17, 15) is 9.18 Å². The zero-order valence-electron chi connectivity index (χ0n) is 18.6. The maximum absolute atomic E-state index is 14.2. The quantitative estimate of drug-likeness (QED) is 0.431. The highest BCUT2D eigenvalue weighted by Gasteiger charge is 2.30. The summed E-state index contributed by atoms with van der Waals surface area (Å²) in [6.07, 6.45) is 9.83. The van der Waals surface area contributed by atoms with E-state index in [1.54, 1.807) is 24.2 Å². The molecule has 2 heterocycles. The highest BCUT2D eigenvalue weighted by molar-refractivity contribution is 6.03. The van der Waals surface area contributed by atoms with Crippen LogP contribution >= 0.6 is 0 Å². The molecule has 1 aromatic heterocycles. The molecule has 0 bridgehead atoms. The zero-order chi connectivity index (χ0) is 22.4. The summed E-state index contributed by atoms with van der Waals surface area (Å²) in [4.78, 5) is 23.1. The third-order valence-corrected chi connectivity index (χ3v) is 5.82. The number of hydrogen-bond acceptors (Lipinski definition) is 4. The number of pyridine rings is 1. The van der Waals surface area contributed by atoms with Gasteiger partial charge in [0.25, 0.3) is 0 Å². The number of hydrogen-bond donors (Lipinski definition) is 2. The molecule has 2 amide bonds. The van der Waals surface area contributed by atoms with Crippen LogP contribution in [-0.2, 0) is 6.42 Å². The molecule has 1 unspecified atom stereocenters. The Morgan fingerprint density at radius 3 is 2.87 bits per heavy atom. The summed E-state index contributed by atoms with van der Waals surface area (Å²) in [5, 5.41) is 2.79. The van der Waals surface area contributed by atoms with Crippen LogP contribution in [0.1, 0.15) is 68.6 Å². The minimum absolute atomic E-state index is 0.00970. The molecule has 6 nitrogen and oxygen atoms in total. The number of urea groups is 1. The van der Waals surface area contributed by atoms with E-state index in [0.29, 0.717) is 29.5 Å². The first-order valence-electron chi connectivity index (χ1n) is 11.1. The van der Waals surface area contributed by atoms with Crippen molar-refractivity contribution >= 4 is 29.4 Å². The third kappa shape index (κ3) is 5.03. The van der Waals surface area contributed by atoms with Gasteiger partial charge in [-0.2, -0.15) is 0 Å². The standard InChI is InChI=1S/C24H32FN5O/c1-4-6-8-16(7-5-2)19-9-11-28-23-20(19)10-12-30(23)24(31)29-18-13-17(15-27-3)22(26)21(25)14-18/h9,11,13-16H,4-8,10,12,26H2,1-3H3,(H,29,31). The zero-order valence-corrected chi connectivity index (χ0v) is 18.6. The van der Waals surface area contributed by atoms with Gasteiger partial charge in [0, 0.05) is 42.8 Å². The molecular formula is C24H32FN5O. The van der Waals surface area contributed by atoms with Crippen molar-refractivity contribution in [2.45, 2.75) is 58.3 Å². The Labute approximate surface area is 183 Å². The predicted molar refractivity (Wildman–Crippen MR) is 126 cm³/mol. The molecule has 7 heteroatoms. The first kappa shape index (κ1) is 22.7. The molecule has 1 aromatic carbocycles. The molecule has 166 valence electrons. The Balaban J connectivity index is 1.84. The summed E-state index contributed by atoms with van der Waals surface area (Å²) in [5.41, 5.74) is 9.01. The molecule has 1 atom stereocenters. The van der Waals surface area contributed by atoms with Crippen LogP contribution in [0.15, 0.2) is 29.4 Å². The summed E-state index contributed by atoms with van der Waals surface area (Å²) in [7, 11) is 1.58. The highest BCUT2D eigenvalue weighted by atomic mass is 19.1. The van der Waals surface area contributed by atoms with Gasteiger partial charge in [-0.3, -0.25) is 9.89 Å². The number of fused-ring (bicyclic) bond motifs is 1. The van der Waals surface area contributed by atoms with Gasteiger partial charge in [-0.25, -0.2) is 14.2 Å². The molecule has 3 rings (SSSR count). The van der Waals surface area contributed by atoms with Crippen molar-refractivity contribution < 1.29 is 9.18 Å². The fraction of sp³-hybridized carbons (Fsp3) is 0.458. The Morgan fingerprint density at radius 1 is 1.35 bits per heavy atom. The Bertz CT molecular complexity index is 959. The van der Waals surface area contributed by atoms with Crippen molar-refractivity contribution in [1.82, 2.24) is 4.98 Å². The molecule has 0 radical (unpaired) electrons.